The van der Waals surface area contributed by atoms with E-state index in [0.29, 0.717) is 0 Å². The van der Waals surface area contributed by atoms with E-state index in [1.165, 1.54) is 11.1 Å². The van der Waals surface area contributed by atoms with Gasteiger partial charge in [0.2, 0.25) is 0 Å². The smallest absolute Gasteiger partial charge is 0.186 e. The third-order valence-electron chi connectivity index (χ3n) is 2.84. The lowest BCUT2D eigenvalue weighted by Crippen LogP contribution is -2.23. The second-order valence-electron chi connectivity index (χ2n) is 4.22. The van der Waals surface area contributed by atoms with E-state index in [-0.39, 0.29) is 12.0 Å². The first-order valence-corrected chi connectivity index (χ1v) is 5.91. The van der Waals surface area contributed by atoms with Gasteiger partial charge in [-0.15, -0.1) is 0 Å². The van der Waals surface area contributed by atoms with Crippen LogP contribution in [-0.2, 0) is 0 Å². The summed E-state index contributed by atoms with van der Waals surface area (Å²) in [6.07, 6.45) is 0. The predicted molar refractivity (Wildman–Crippen MR) is 76.1 cm³/mol. The molecule has 2 rings (SSSR count). The Morgan fingerprint density at radius 1 is 0.889 bits per heavy atom. The molecule has 0 saturated carbocycles. The van der Waals surface area contributed by atoms with Gasteiger partial charge < -0.3 is 11.5 Å². The number of benzene rings is 2. The van der Waals surface area contributed by atoms with Crippen LogP contribution in [0.1, 0.15) is 18.5 Å². The van der Waals surface area contributed by atoms with Crippen molar-refractivity contribution in [2.45, 2.75) is 13.0 Å². The molecule has 18 heavy (non-hydrogen) atoms. The van der Waals surface area contributed by atoms with Gasteiger partial charge in [0.15, 0.2) is 5.96 Å². The molecule has 3 nitrogen and oxygen atoms in total. The molecular weight excluding hydrogens is 222 g/mol. The molecule has 0 spiro atoms. The minimum atomic E-state index is -0.0141. The van der Waals surface area contributed by atoms with Crippen LogP contribution in [-0.4, -0.2) is 5.96 Å². The highest BCUT2D eigenvalue weighted by atomic mass is 15.0. The summed E-state index contributed by atoms with van der Waals surface area (Å²) < 4.78 is 0. The number of hydrogen-bond acceptors (Lipinski definition) is 1. The van der Waals surface area contributed by atoms with Gasteiger partial charge in [0, 0.05) is 0 Å². The Labute approximate surface area is 107 Å². The quantitative estimate of drug-likeness (QED) is 0.639. The average molecular weight is 239 g/mol. The molecule has 0 fully saturated rings. The molecule has 0 saturated heterocycles. The zero-order chi connectivity index (χ0) is 13.0. The van der Waals surface area contributed by atoms with Crippen molar-refractivity contribution >= 4 is 5.96 Å². The van der Waals surface area contributed by atoms with Gasteiger partial charge in [-0.25, -0.2) is 4.99 Å². The van der Waals surface area contributed by atoms with Gasteiger partial charge in [0.25, 0.3) is 0 Å². The van der Waals surface area contributed by atoms with Gasteiger partial charge in [-0.1, -0.05) is 54.6 Å². The topological polar surface area (TPSA) is 64.4 Å². The molecule has 0 heterocycles. The van der Waals surface area contributed by atoms with E-state index in [9.17, 15) is 0 Å². The molecule has 1 atom stereocenters. The van der Waals surface area contributed by atoms with Gasteiger partial charge in [-0.2, -0.15) is 0 Å². The summed E-state index contributed by atoms with van der Waals surface area (Å²) in [5.74, 6) is 0.120. The fraction of sp³-hybridized carbons (Fsp3) is 0.133. The lowest BCUT2D eigenvalue weighted by atomic mass is 10.0. The van der Waals surface area contributed by atoms with Gasteiger partial charge in [-0.05, 0) is 23.6 Å². The van der Waals surface area contributed by atoms with E-state index >= 15 is 0 Å². The van der Waals surface area contributed by atoms with E-state index in [2.05, 4.69) is 41.4 Å². The Balaban J connectivity index is 2.23. The first-order chi connectivity index (χ1) is 8.66. The highest BCUT2D eigenvalue weighted by molar-refractivity contribution is 5.76. The molecule has 0 amide bonds. The number of aliphatic imine (C=N–C) groups is 1. The van der Waals surface area contributed by atoms with Crippen LogP contribution in [0.25, 0.3) is 11.1 Å². The minimum absolute atomic E-state index is 0.0141. The SMILES string of the molecule is CC(N=C(N)N)c1ccc(-c2ccccc2)cc1. The number of hydrogen-bond donors (Lipinski definition) is 2. The Bertz CT molecular complexity index is 525. The van der Waals surface area contributed by atoms with Crippen LogP contribution in [0.4, 0.5) is 0 Å². The van der Waals surface area contributed by atoms with Crippen LogP contribution >= 0.6 is 0 Å². The molecule has 0 radical (unpaired) electrons. The Hall–Kier alpha value is -2.29. The van der Waals surface area contributed by atoms with Crippen LogP contribution in [0.15, 0.2) is 59.6 Å². The molecule has 92 valence electrons. The van der Waals surface area contributed by atoms with E-state index in [4.69, 9.17) is 11.5 Å². The van der Waals surface area contributed by atoms with Gasteiger partial charge in [0.1, 0.15) is 0 Å². The predicted octanol–water partition coefficient (Wildman–Crippen LogP) is 2.69. The maximum atomic E-state index is 5.38. The van der Waals surface area contributed by atoms with Crippen LogP contribution in [0.5, 0.6) is 0 Å². The van der Waals surface area contributed by atoms with E-state index < -0.39 is 0 Å². The van der Waals surface area contributed by atoms with Crippen molar-refractivity contribution in [1.29, 1.82) is 0 Å². The summed E-state index contributed by atoms with van der Waals surface area (Å²) in [6.45, 7) is 1.97. The summed E-state index contributed by atoms with van der Waals surface area (Å²) in [7, 11) is 0. The second-order valence-corrected chi connectivity index (χ2v) is 4.22. The van der Waals surface area contributed by atoms with Crippen molar-refractivity contribution in [2.75, 3.05) is 0 Å². The van der Waals surface area contributed by atoms with Crippen molar-refractivity contribution in [3.8, 4) is 11.1 Å². The summed E-state index contributed by atoms with van der Waals surface area (Å²) in [5, 5.41) is 0. The van der Waals surface area contributed by atoms with Crippen LogP contribution in [0.2, 0.25) is 0 Å². The first-order valence-electron chi connectivity index (χ1n) is 5.91. The second kappa shape index (κ2) is 5.36. The van der Waals surface area contributed by atoms with Crippen LogP contribution in [0, 0.1) is 0 Å². The zero-order valence-corrected chi connectivity index (χ0v) is 10.4. The molecule has 0 bridgehead atoms. The first kappa shape index (κ1) is 12.2. The zero-order valence-electron chi connectivity index (χ0n) is 10.4. The number of nitrogens with two attached hydrogens (primary N) is 2. The Morgan fingerprint density at radius 2 is 1.44 bits per heavy atom. The van der Waals surface area contributed by atoms with Crippen molar-refractivity contribution in [3.05, 3.63) is 60.2 Å². The average Bonchev–Trinajstić information content (AvgIpc) is 2.39. The standard InChI is InChI=1S/C15H17N3/c1-11(18-15(16)17)12-7-9-14(10-8-12)13-5-3-2-4-6-13/h2-11H,1H3,(H4,16,17,18). The van der Waals surface area contributed by atoms with E-state index in [0.717, 1.165) is 5.56 Å². The highest BCUT2D eigenvalue weighted by Crippen LogP contribution is 2.22. The third kappa shape index (κ3) is 2.88. The number of rotatable bonds is 3. The molecule has 4 N–H and O–H groups in total. The van der Waals surface area contributed by atoms with Gasteiger partial charge in [0.05, 0.1) is 6.04 Å². The normalized spacial score (nSPS) is 11.8. The molecule has 1 unspecified atom stereocenters. The summed E-state index contributed by atoms with van der Waals surface area (Å²) >= 11 is 0. The fourth-order valence-electron chi connectivity index (χ4n) is 1.88. The lowest BCUT2D eigenvalue weighted by molar-refractivity contribution is 0.816. The molecule has 0 aliphatic heterocycles. The molecule has 0 aliphatic rings. The van der Waals surface area contributed by atoms with Gasteiger partial charge >= 0.3 is 0 Å². The maximum absolute atomic E-state index is 5.38. The summed E-state index contributed by atoms with van der Waals surface area (Å²) in [6, 6.07) is 18.5. The summed E-state index contributed by atoms with van der Waals surface area (Å²) in [4.78, 5) is 4.12. The highest BCUT2D eigenvalue weighted by Gasteiger charge is 2.04. The largest absolute Gasteiger partial charge is 0.370 e. The van der Waals surface area contributed by atoms with Crippen molar-refractivity contribution in [3.63, 3.8) is 0 Å². The van der Waals surface area contributed by atoms with Crippen molar-refractivity contribution in [1.82, 2.24) is 0 Å². The molecule has 2 aromatic rings. The molecule has 0 aromatic heterocycles. The lowest BCUT2D eigenvalue weighted by Gasteiger charge is -2.08. The van der Waals surface area contributed by atoms with Crippen LogP contribution in [0.3, 0.4) is 0 Å². The fourth-order valence-corrected chi connectivity index (χ4v) is 1.88. The monoisotopic (exact) mass is 239 g/mol. The summed E-state index contributed by atoms with van der Waals surface area (Å²) in [5.41, 5.74) is 14.3. The Kier molecular flexibility index (Phi) is 3.63. The van der Waals surface area contributed by atoms with E-state index in [1.54, 1.807) is 0 Å². The molecule has 0 aliphatic carbocycles. The van der Waals surface area contributed by atoms with Crippen molar-refractivity contribution in [2.24, 2.45) is 16.5 Å². The molecular formula is C15H17N3. The van der Waals surface area contributed by atoms with Crippen molar-refractivity contribution < 1.29 is 0 Å². The third-order valence-corrected chi connectivity index (χ3v) is 2.84. The van der Waals surface area contributed by atoms with Gasteiger partial charge in [-0.3, -0.25) is 0 Å². The Morgan fingerprint density at radius 3 is 2.00 bits per heavy atom. The molecule has 3 heteroatoms. The number of nitrogens with zero attached hydrogens (tertiary/aromatic N) is 1. The van der Waals surface area contributed by atoms with E-state index in [1.807, 2.05) is 25.1 Å². The minimum Gasteiger partial charge on any atom is -0.370 e. The maximum Gasteiger partial charge on any atom is 0.186 e. The molecule has 2 aromatic carbocycles. The number of guanidine groups is 1. The van der Waals surface area contributed by atoms with Crippen LogP contribution < -0.4 is 11.5 Å².